The molecule has 4 heteroatoms. The Bertz CT molecular complexity index is 632. The standard InChI is InChI=1S/C15H10FNOS/c16-14-6-12(8-17)5-13(7-14)10-19-15-3-1-11(9-18)2-4-15/h1-7,9H,10H2. The van der Waals surface area contributed by atoms with Crippen molar-refractivity contribution in [2.75, 3.05) is 0 Å². The molecule has 0 spiro atoms. The summed E-state index contributed by atoms with van der Waals surface area (Å²) in [5, 5.41) is 8.77. The van der Waals surface area contributed by atoms with Crippen LogP contribution in [-0.2, 0) is 5.75 Å². The van der Waals surface area contributed by atoms with Crippen LogP contribution in [0.4, 0.5) is 4.39 Å². The lowest BCUT2D eigenvalue weighted by Gasteiger charge is -2.03. The van der Waals surface area contributed by atoms with Gasteiger partial charge in [0.15, 0.2) is 0 Å². The van der Waals surface area contributed by atoms with Crippen molar-refractivity contribution in [3.05, 3.63) is 65.0 Å². The molecular formula is C15H10FNOS. The highest BCUT2D eigenvalue weighted by Crippen LogP contribution is 2.23. The number of carbonyl (C=O) groups excluding carboxylic acids is 1. The Hall–Kier alpha value is -2.12. The van der Waals surface area contributed by atoms with Crippen molar-refractivity contribution in [2.45, 2.75) is 10.6 Å². The molecule has 2 rings (SSSR count). The fourth-order valence-electron chi connectivity index (χ4n) is 1.61. The predicted molar refractivity (Wildman–Crippen MR) is 72.5 cm³/mol. The van der Waals surface area contributed by atoms with Crippen LogP contribution >= 0.6 is 11.8 Å². The molecule has 0 amide bonds. The van der Waals surface area contributed by atoms with E-state index in [1.54, 1.807) is 18.2 Å². The summed E-state index contributed by atoms with van der Waals surface area (Å²) in [5.41, 5.74) is 1.72. The van der Waals surface area contributed by atoms with Crippen molar-refractivity contribution in [3.63, 3.8) is 0 Å². The average Bonchev–Trinajstić information content (AvgIpc) is 2.45. The van der Waals surface area contributed by atoms with Crippen molar-refractivity contribution in [2.24, 2.45) is 0 Å². The molecule has 0 fully saturated rings. The number of benzene rings is 2. The van der Waals surface area contributed by atoms with E-state index in [9.17, 15) is 9.18 Å². The Balaban J connectivity index is 2.07. The summed E-state index contributed by atoms with van der Waals surface area (Å²) in [5.74, 6) is 0.179. The van der Waals surface area contributed by atoms with Gasteiger partial charge >= 0.3 is 0 Å². The third kappa shape index (κ3) is 3.67. The normalized spacial score (nSPS) is 9.89. The van der Waals surface area contributed by atoms with Gasteiger partial charge in [-0.1, -0.05) is 12.1 Å². The topological polar surface area (TPSA) is 40.9 Å². The van der Waals surface area contributed by atoms with Crippen LogP contribution < -0.4 is 0 Å². The Morgan fingerprint density at radius 2 is 1.95 bits per heavy atom. The van der Waals surface area contributed by atoms with E-state index < -0.39 is 5.82 Å². The van der Waals surface area contributed by atoms with Gasteiger partial charge in [-0.15, -0.1) is 11.8 Å². The highest BCUT2D eigenvalue weighted by atomic mass is 32.2. The van der Waals surface area contributed by atoms with E-state index in [4.69, 9.17) is 5.26 Å². The maximum Gasteiger partial charge on any atom is 0.150 e. The number of hydrogen-bond acceptors (Lipinski definition) is 3. The maximum atomic E-state index is 13.2. The number of rotatable bonds is 4. The second-order valence-corrected chi connectivity index (χ2v) is 4.98. The van der Waals surface area contributed by atoms with Gasteiger partial charge in [-0.3, -0.25) is 4.79 Å². The molecular weight excluding hydrogens is 261 g/mol. The largest absolute Gasteiger partial charge is 0.298 e. The molecule has 0 bridgehead atoms. The maximum absolute atomic E-state index is 13.2. The van der Waals surface area contributed by atoms with E-state index in [1.165, 1.54) is 23.9 Å². The molecule has 0 aliphatic rings. The number of carbonyl (C=O) groups is 1. The summed E-state index contributed by atoms with van der Waals surface area (Å²) in [6, 6.07) is 13.4. The molecule has 0 aromatic heterocycles. The number of halogens is 1. The van der Waals surface area contributed by atoms with Gasteiger partial charge in [-0.05, 0) is 35.9 Å². The minimum Gasteiger partial charge on any atom is -0.298 e. The average molecular weight is 271 g/mol. The van der Waals surface area contributed by atoms with Crippen molar-refractivity contribution in [1.82, 2.24) is 0 Å². The Morgan fingerprint density at radius 1 is 1.21 bits per heavy atom. The fourth-order valence-corrected chi connectivity index (χ4v) is 2.44. The lowest BCUT2D eigenvalue weighted by atomic mass is 10.1. The lowest BCUT2D eigenvalue weighted by molar-refractivity contribution is 0.112. The third-order valence-electron chi connectivity index (χ3n) is 2.51. The molecule has 0 radical (unpaired) electrons. The number of nitriles is 1. The van der Waals surface area contributed by atoms with Crippen molar-refractivity contribution < 1.29 is 9.18 Å². The second-order valence-electron chi connectivity index (χ2n) is 3.94. The molecule has 19 heavy (non-hydrogen) atoms. The van der Waals surface area contributed by atoms with Crippen molar-refractivity contribution in [3.8, 4) is 6.07 Å². The zero-order valence-electron chi connectivity index (χ0n) is 9.97. The van der Waals surface area contributed by atoms with Crippen molar-refractivity contribution in [1.29, 1.82) is 5.26 Å². The van der Waals surface area contributed by atoms with Gasteiger partial charge in [-0.25, -0.2) is 4.39 Å². The van der Waals surface area contributed by atoms with Crippen LogP contribution in [0.25, 0.3) is 0 Å². The van der Waals surface area contributed by atoms with E-state index in [2.05, 4.69) is 0 Å². The molecule has 2 aromatic carbocycles. The molecule has 0 atom stereocenters. The molecule has 0 N–H and O–H groups in total. The lowest BCUT2D eigenvalue weighted by Crippen LogP contribution is -1.87. The summed E-state index contributed by atoms with van der Waals surface area (Å²) in [7, 11) is 0. The Kier molecular flexibility index (Phi) is 4.32. The predicted octanol–water partition coefficient (Wildman–Crippen LogP) is 3.80. The first kappa shape index (κ1) is 13.3. The molecule has 0 saturated carbocycles. The zero-order valence-corrected chi connectivity index (χ0v) is 10.8. The quantitative estimate of drug-likeness (QED) is 0.627. The molecule has 0 aliphatic carbocycles. The summed E-state index contributed by atoms with van der Waals surface area (Å²) in [6.07, 6.45) is 0.792. The van der Waals surface area contributed by atoms with Crippen LogP contribution in [0.1, 0.15) is 21.5 Å². The Morgan fingerprint density at radius 3 is 2.58 bits per heavy atom. The summed E-state index contributed by atoms with van der Waals surface area (Å²) >= 11 is 1.53. The van der Waals surface area contributed by atoms with E-state index in [0.29, 0.717) is 16.9 Å². The van der Waals surface area contributed by atoms with Gasteiger partial charge in [-0.2, -0.15) is 5.26 Å². The van der Waals surface area contributed by atoms with Gasteiger partial charge < -0.3 is 0 Å². The number of hydrogen-bond donors (Lipinski definition) is 0. The zero-order chi connectivity index (χ0) is 13.7. The Labute approximate surface area is 114 Å². The van der Waals surface area contributed by atoms with E-state index >= 15 is 0 Å². The van der Waals surface area contributed by atoms with Crippen LogP contribution in [0.5, 0.6) is 0 Å². The second kappa shape index (κ2) is 6.17. The SMILES string of the molecule is N#Cc1cc(F)cc(CSc2ccc(C=O)cc2)c1. The minimum atomic E-state index is -0.397. The minimum absolute atomic E-state index is 0.326. The third-order valence-corrected chi connectivity index (χ3v) is 3.59. The molecule has 0 saturated heterocycles. The monoisotopic (exact) mass is 271 g/mol. The van der Waals surface area contributed by atoms with Gasteiger partial charge in [0.2, 0.25) is 0 Å². The number of aldehydes is 1. The van der Waals surface area contributed by atoms with E-state index in [-0.39, 0.29) is 0 Å². The van der Waals surface area contributed by atoms with Crippen molar-refractivity contribution >= 4 is 18.0 Å². The van der Waals surface area contributed by atoms with Gasteiger partial charge in [0, 0.05) is 16.2 Å². The van der Waals surface area contributed by atoms with E-state index in [0.717, 1.165) is 16.7 Å². The van der Waals surface area contributed by atoms with Gasteiger partial charge in [0.25, 0.3) is 0 Å². The molecule has 0 heterocycles. The van der Waals surface area contributed by atoms with Gasteiger partial charge in [0.1, 0.15) is 12.1 Å². The molecule has 0 unspecified atom stereocenters. The first-order valence-corrected chi connectivity index (χ1v) is 6.57. The van der Waals surface area contributed by atoms with Crippen LogP contribution in [0.2, 0.25) is 0 Å². The first-order chi connectivity index (χ1) is 9.21. The molecule has 2 nitrogen and oxygen atoms in total. The smallest absolute Gasteiger partial charge is 0.150 e. The first-order valence-electron chi connectivity index (χ1n) is 5.59. The fraction of sp³-hybridized carbons (Fsp3) is 0.0667. The van der Waals surface area contributed by atoms with Crippen LogP contribution in [0.15, 0.2) is 47.4 Å². The summed E-state index contributed by atoms with van der Waals surface area (Å²) in [6.45, 7) is 0. The summed E-state index contributed by atoms with van der Waals surface area (Å²) in [4.78, 5) is 11.5. The van der Waals surface area contributed by atoms with E-state index in [1.807, 2.05) is 18.2 Å². The highest BCUT2D eigenvalue weighted by Gasteiger charge is 2.02. The number of nitrogens with zero attached hydrogens (tertiary/aromatic N) is 1. The van der Waals surface area contributed by atoms with Crippen LogP contribution in [0, 0.1) is 17.1 Å². The van der Waals surface area contributed by atoms with Crippen LogP contribution in [-0.4, -0.2) is 6.29 Å². The van der Waals surface area contributed by atoms with Crippen LogP contribution in [0.3, 0.4) is 0 Å². The molecule has 2 aromatic rings. The summed E-state index contributed by atoms with van der Waals surface area (Å²) < 4.78 is 13.2. The molecule has 94 valence electrons. The molecule has 0 aliphatic heterocycles. The number of thioether (sulfide) groups is 1. The highest BCUT2D eigenvalue weighted by molar-refractivity contribution is 7.98. The van der Waals surface area contributed by atoms with Gasteiger partial charge in [0.05, 0.1) is 11.6 Å².